The summed E-state index contributed by atoms with van der Waals surface area (Å²) in [4.78, 5) is 14.2. The summed E-state index contributed by atoms with van der Waals surface area (Å²) in [6.07, 6.45) is 3.22. The van der Waals surface area contributed by atoms with Crippen LogP contribution in [0.3, 0.4) is 0 Å². The summed E-state index contributed by atoms with van der Waals surface area (Å²) in [6, 6.07) is -0.0810. The molecule has 202 valence electrons. The fourth-order valence-electron chi connectivity index (χ4n) is 5.81. The van der Waals surface area contributed by atoms with E-state index >= 15 is 0 Å². The lowest BCUT2D eigenvalue weighted by Crippen LogP contribution is -3.14. The number of hydroxylamine groups is 1. The number of aryl methyl sites for hydroxylation is 3. The van der Waals surface area contributed by atoms with Crippen molar-refractivity contribution in [1.29, 1.82) is 0 Å². The van der Waals surface area contributed by atoms with Gasteiger partial charge in [-0.2, -0.15) is 31.2 Å². The van der Waals surface area contributed by atoms with Gasteiger partial charge >= 0.3 is 22.4 Å². The van der Waals surface area contributed by atoms with Gasteiger partial charge in [0.1, 0.15) is 0 Å². The summed E-state index contributed by atoms with van der Waals surface area (Å²) in [5.74, 6) is 0. The van der Waals surface area contributed by atoms with Crippen LogP contribution in [0.5, 0.6) is 0 Å². The molecule has 1 fully saturated rings. The van der Waals surface area contributed by atoms with E-state index in [4.69, 9.17) is 0 Å². The molecule has 1 aromatic heterocycles. The van der Waals surface area contributed by atoms with Crippen LogP contribution < -0.4 is 14.1 Å². The summed E-state index contributed by atoms with van der Waals surface area (Å²) >= 11 is 0. The minimum Gasteiger partial charge on any atom is -0.608 e. The second-order valence-corrected chi connectivity index (χ2v) is 11.7. The van der Waals surface area contributed by atoms with E-state index in [1.165, 1.54) is 17.1 Å². The number of likely N-dealkylation sites (tertiary alicyclic amines) is 1. The number of aromatic nitrogens is 2. The van der Waals surface area contributed by atoms with Crippen LogP contribution in [0.15, 0.2) is 18.5 Å². The van der Waals surface area contributed by atoms with Crippen LogP contribution in [0, 0.1) is 5.21 Å². The molecule has 0 saturated carbocycles. The Labute approximate surface area is 212 Å². The largest absolute Gasteiger partial charge is 0.608 e. The van der Waals surface area contributed by atoms with Crippen molar-refractivity contribution in [3.63, 3.8) is 0 Å². The van der Waals surface area contributed by atoms with Crippen LogP contribution in [0.4, 0.5) is 29.3 Å². The van der Waals surface area contributed by atoms with Gasteiger partial charge in [-0.15, -0.1) is 0 Å². The molecule has 5 rings (SSSR count). The zero-order valence-electron chi connectivity index (χ0n) is 20.3. The van der Waals surface area contributed by atoms with Gasteiger partial charge in [-0.1, -0.05) is 6.07 Å². The van der Waals surface area contributed by atoms with E-state index in [1.54, 1.807) is 7.05 Å². The maximum Gasteiger partial charge on any atom is 0.436 e. The number of hydrogen-bond acceptors (Lipinski definition) is 6. The third-order valence-corrected chi connectivity index (χ3v) is 9.00. The Morgan fingerprint density at radius 1 is 1.22 bits per heavy atom. The first-order valence-electron chi connectivity index (χ1n) is 12.3. The summed E-state index contributed by atoms with van der Waals surface area (Å²) in [6.45, 7) is -1.43. The zero-order valence-corrected chi connectivity index (χ0v) is 21.2. The maximum absolute atomic E-state index is 13.6. The van der Waals surface area contributed by atoms with E-state index in [1.807, 2.05) is 0 Å². The van der Waals surface area contributed by atoms with Crippen molar-refractivity contribution in [3.8, 4) is 0 Å². The number of quaternary nitrogens is 1. The Bertz CT molecular complexity index is 1280. The number of anilines is 2. The van der Waals surface area contributed by atoms with Crippen LogP contribution in [0.2, 0.25) is 0 Å². The lowest BCUT2D eigenvalue weighted by atomic mass is 9.99. The summed E-state index contributed by atoms with van der Waals surface area (Å²) < 4.78 is 66.3. The fourth-order valence-corrected chi connectivity index (χ4v) is 7.21. The molecular formula is C23H29F3N6O4S. The van der Waals surface area contributed by atoms with Gasteiger partial charge in [-0.05, 0) is 67.2 Å². The number of rotatable bonds is 6. The summed E-state index contributed by atoms with van der Waals surface area (Å²) in [5, 5.41) is 19.8. The van der Waals surface area contributed by atoms with Crippen molar-refractivity contribution in [2.45, 2.75) is 57.2 Å². The van der Waals surface area contributed by atoms with Gasteiger partial charge in [0.15, 0.2) is 0 Å². The number of nitrogens with one attached hydrogen (secondary N) is 2. The number of benzene rings is 1. The molecule has 2 aliphatic carbocycles. The number of amides is 2. The molecular weight excluding hydrogens is 513 g/mol. The average molecular weight is 543 g/mol. The summed E-state index contributed by atoms with van der Waals surface area (Å²) in [5.41, 5.74) is 4.67. The molecule has 0 bridgehead atoms. The number of carbonyl (C=O) groups excluding carboxylic acids is 1. The highest BCUT2D eigenvalue weighted by molar-refractivity contribution is 7.86. The molecule has 3 aliphatic rings. The number of urea groups is 1. The molecule has 2 atom stereocenters. The number of halogens is 3. The topological polar surface area (TPSA) is 115 Å². The lowest BCUT2D eigenvalue weighted by molar-refractivity contribution is -0.604. The van der Waals surface area contributed by atoms with Gasteiger partial charge in [-0.25, -0.2) is 9.10 Å². The van der Waals surface area contributed by atoms with Gasteiger partial charge in [0, 0.05) is 26.3 Å². The molecule has 2 amide bonds. The normalized spacial score (nSPS) is 20.6. The van der Waals surface area contributed by atoms with Crippen LogP contribution in [-0.2, 0) is 42.9 Å². The van der Waals surface area contributed by atoms with Crippen LogP contribution in [0.25, 0.3) is 0 Å². The molecule has 1 aliphatic heterocycles. The van der Waals surface area contributed by atoms with Crippen LogP contribution in [-0.4, -0.2) is 61.0 Å². The molecule has 0 radical (unpaired) electrons. The van der Waals surface area contributed by atoms with Gasteiger partial charge in [-0.3, -0.25) is 14.9 Å². The monoisotopic (exact) mass is 542 g/mol. The summed E-state index contributed by atoms with van der Waals surface area (Å²) in [7, 11) is -3.37. The van der Waals surface area contributed by atoms with Crippen molar-refractivity contribution in [2.75, 3.05) is 29.3 Å². The number of fused-ring (bicyclic) bond motifs is 2. The van der Waals surface area contributed by atoms with Gasteiger partial charge in [0.25, 0.3) is 0 Å². The highest BCUT2D eigenvalue weighted by atomic mass is 32.2. The zero-order chi connectivity index (χ0) is 26.5. The maximum atomic E-state index is 13.6. The van der Waals surface area contributed by atoms with Crippen molar-refractivity contribution < 1.29 is 30.9 Å². The van der Waals surface area contributed by atoms with Crippen LogP contribution in [0.1, 0.15) is 41.5 Å². The van der Waals surface area contributed by atoms with Crippen molar-refractivity contribution in [1.82, 2.24) is 14.7 Å². The Kier molecular flexibility index (Phi) is 6.71. The number of carbonyl (C=O) groups is 1. The van der Waals surface area contributed by atoms with E-state index in [0.29, 0.717) is 5.69 Å². The molecule has 14 heteroatoms. The second kappa shape index (κ2) is 9.57. The minimum absolute atomic E-state index is 0.000858. The van der Waals surface area contributed by atoms with E-state index in [2.05, 4.69) is 16.5 Å². The molecule has 2 aromatic rings. The third kappa shape index (κ3) is 5.07. The quantitative estimate of drug-likeness (QED) is 0.537. The highest BCUT2D eigenvalue weighted by Crippen LogP contribution is 2.38. The molecule has 37 heavy (non-hydrogen) atoms. The first-order valence-corrected chi connectivity index (χ1v) is 13.7. The predicted molar refractivity (Wildman–Crippen MR) is 129 cm³/mol. The van der Waals surface area contributed by atoms with Gasteiger partial charge < -0.3 is 5.21 Å². The first kappa shape index (κ1) is 25.9. The van der Waals surface area contributed by atoms with E-state index < -0.39 is 39.5 Å². The SMILES string of the molecule is Cn1cc(N(C2CCN(CC(F)(F)F)C2)S(=O)(=O)[NH+]([O-])C(=O)Nc2c3c(cc4c2CCC4)CCC3)cn1. The predicted octanol–water partition coefficient (Wildman–Crippen LogP) is 1.70. The molecule has 2 heterocycles. The number of alkyl halides is 3. The molecule has 1 aromatic carbocycles. The van der Waals surface area contributed by atoms with Gasteiger partial charge in [0.05, 0.1) is 30.2 Å². The number of hydrogen-bond donors (Lipinski definition) is 2. The molecule has 0 spiro atoms. The second-order valence-electron chi connectivity index (χ2n) is 9.94. The molecule has 1 saturated heterocycles. The Hall–Kier alpha value is -2.68. The minimum atomic E-state index is -4.92. The van der Waals surface area contributed by atoms with Crippen molar-refractivity contribution >= 4 is 27.6 Å². The van der Waals surface area contributed by atoms with Crippen LogP contribution >= 0.6 is 0 Å². The molecule has 2 N–H and O–H groups in total. The van der Waals surface area contributed by atoms with E-state index in [-0.39, 0.29) is 25.2 Å². The van der Waals surface area contributed by atoms with Gasteiger partial charge in [0.2, 0.25) is 0 Å². The Balaban J connectivity index is 1.42. The third-order valence-electron chi connectivity index (χ3n) is 7.32. The number of nitrogens with zero attached hydrogens (tertiary/aromatic N) is 4. The van der Waals surface area contributed by atoms with Crippen molar-refractivity contribution in [2.24, 2.45) is 7.05 Å². The first-order chi connectivity index (χ1) is 17.4. The van der Waals surface area contributed by atoms with E-state index in [9.17, 15) is 31.6 Å². The van der Waals surface area contributed by atoms with E-state index in [0.717, 1.165) is 70.0 Å². The lowest BCUT2D eigenvalue weighted by Gasteiger charge is -2.32. The fraction of sp³-hybridized carbons (Fsp3) is 0.565. The Morgan fingerprint density at radius 3 is 2.43 bits per heavy atom. The average Bonchev–Trinajstić information content (AvgIpc) is 3.60. The molecule has 2 unspecified atom stereocenters. The van der Waals surface area contributed by atoms with Crippen molar-refractivity contribution in [3.05, 3.63) is 45.9 Å². The Morgan fingerprint density at radius 2 is 1.86 bits per heavy atom. The smallest absolute Gasteiger partial charge is 0.436 e. The standard InChI is InChI=1S/C23H29F3N6O4S/c1-29-12-18(11-27-29)31(17-8-9-30(13-17)14-23(24,25)26)37(35,36)32(34)22(33)28-21-19-6-2-4-15(19)10-16-5-3-7-20(16)21/h10-12,17,32H,2-9,13-14H2,1H3,(H,28,33). The molecule has 10 nitrogen and oxygen atoms in total. The highest BCUT2D eigenvalue weighted by Gasteiger charge is 2.44.